The molecule has 0 spiro atoms. The number of rotatable bonds is 7. The minimum Gasteiger partial charge on any atom is -0.507 e. The minimum atomic E-state index is -0.379. The fourth-order valence-corrected chi connectivity index (χ4v) is 2.36. The van der Waals surface area contributed by atoms with Crippen LogP contribution in [0, 0.1) is 5.92 Å². The van der Waals surface area contributed by atoms with Gasteiger partial charge in [-0.05, 0) is 24.0 Å². The van der Waals surface area contributed by atoms with E-state index in [9.17, 15) is 9.90 Å². The Hall–Kier alpha value is -0.960. The third-order valence-corrected chi connectivity index (χ3v) is 3.64. The van der Waals surface area contributed by atoms with Crippen LogP contribution in [0.5, 0.6) is 5.75 Å². The average molecular weight is 266 g/mol. The van der Waals surface area contributed by atoms with E-state index in [1.165, 1.54) is 19.3 Å². The second-order valence-corrected chi connectivity index (χ2v) is 5.15. The molecule has 1 aromatic rings. The molecule has 1 unspecified atom stereocenters. The number of benzene rings is 1. The summed E-state index contributed by atoms with van der Waals surface area (Å²) in [5.41, 5.74) is 1.17. The molecule has 0 saturated carbocycles. The van der Waals surface area contributed by atoms with Crippen molar-refractivity contribution in [2.75, 3.05) is 0 Å². The van der Waals surface area contributed by atoms with Crippen LogP contribution < -0.4 is 0 Å². The number of carbonyl (C=O) groups is 1. The van der Waals surface area contributed by atoms with Gasteiger partial charge in [0.15, 0.2) is 0 Å². The normalized spacial score (nSPS) is 12.4. The first-order chi connectivity index (χ1) is 8.60. The molecule has 2 nitrogen and oxygen atoms in total. The summed E-state index contributed by atoms with van der Waals surface area (Å²) in [6.07, 6.45) is 5.50. The van der Waals surface area contributed by atoms with Crippen molar-refractivity contribution >= 4 is 17.7 Å². The molecule has 1 aromatic carbocycles. The SMILES string of the molecule is CCCCC(CC)Cc1cccc(C(=O)S)c1O. The van der Waals surface area contributed by atoms with Crippen LogP contribution in [-0.4, -0.2) is 10.2 Å². The number of carbonyl (C=O) groups excluding carboxylic acids is 1. The highest BCUT2D eigenvalue weighted by atomic mass is 32.1. The van der Waals surface area contributed by atoms with Crippen LogP contribution in [-0.2, 0) is 6.42 Å². The Kier molecular flexibility index (Phi) is 6.27. The van der Waals surface area contributed by atoms with Gasteiger partial charge in [-0.1, -0.05) is 51.7 Å². The summed E-state index contributed by atoms with van der Waals surface area (Å²) in [5.74, 6) is 0.675. The highest BCUT2D eigenvalue weighted by Crippen LogP contribution is 2.28. The zero-order chi connectivity index (χ0) is 13.5. The Morgan fingerprint density at radius 2 is 2.11 bits per heavy atom. The quantitative estimate of drug-likeness (QED) is 0.725. The first kappa shape index (κ1) is 15.1. The van der Waals surface area contributed by atoms with Crippen molar-refractivity contribution in [2.45, 2.75) is 46.0 Å². The molecule has 0 aliphatic rings. The van der Waals surface area contributed by atoms with Crippen LogP contribution in [0.2, 0.25) is 0 Å². The van der Waals surface area contributed by atoms with Gasteiger partial charge in [0.2, 0.25) is 5.12 Å². The van der Waals surface area contributed by atoms with Gasteiger partial charge in [0.25, 0.3) is 0 Å². The molecular weight excluding hydrogens is 244 g/mol. The number of unbranched alkanes of at least 4 members (excludes halogenated alkanes) is 1. The highest BCUT2D eigenvalue weighted by Gasteiger charge is 2.14. The molecule has 3 heteroatoms. The molecule has 0 bridgehead atoms. The molecule has 0 aromatic heterocycles. The third kappa shape index (κ3) is 4.05. The zero-order valence-electron chi connectivity index (χ0n) is 11.1. The summed E-state index contributed by atoms with van der Waals surface area (Å²) < 4.78 is 0. The summed E-state index contributed by atoms with van der Waals surface area (Å²) in [6.45, 7) is 4.36. The number of phenols is 1. The second-order valence-electron chi connectivity index (χ2n) is 4.74. The van der Waals surface area contributed by atoms with Crippen molar-refractivity contribution < 1.29 is 9.90 Å². The van der Waals surface area contributed by atoms with Gasteiger partial charge in [-0.2, -0.15) is 0 Å². The Labute approximate surface area is 115 Å². The van der Waals surface area contributed by atoms with E-state index in [-0.39, 0.29) is 10.9 Å². The predicted octanol–water partition coefficient (Wildman–Crippen LogP) is 4.22. The van der Waals surface area contributed by atoms with Gasteiger partial charge < -0.3 is 5.11 Å². The number of aromatic hydroxyl groups is 1. The third-order valence-electron chi connectivity index (χ3n) is 3.40. The lowest BCUT2D eigenvalue weighted by atomic mass is 9.91. The van der Waals surface area contributed by atoms with Gasteiger partial charge in [0, 0.05) is 0 Å². The molecule has 0 amide bonds. The maximum Gasteiger partial charge on any atom is 0.220 e. The number of para-hydroxylation sites is 1. The first-order valence-corrected chi connectivity index (χ1v) is 7.09. The monoisotopic (exact) mass is 266 g/mol. The fraction of sp³-hybridized carbons (Fsp3) is 0.533. The van der Waals surface area contributed by atoms with Crippen LogP contribution in [0.4, 0.5) is 0 Å². The van der Waals surface area contributed by atoms with E-state index in [1.807, 2.05) is 12.1 Å². The molecule has 0 fully saturated rings. The van der Waals surface area contributed by atoms with E-state index in [1.54, 1.807) is 6.07 Å². The Bertz CT molecular complexity index is 401. The molecule has 0 saturated heterocycles. The van der Waals surface area contributed by atoms with Gasteiger partial charge >= 0.3 is 0 Å². The summed E-state index contributed by atoms with van der Waals surface area (Å²) >= 11 is 3.78. The highest BCUT2D eigenvalue weighted by molar-refractivity contribution is 7.97. The molecule has 0 radical (unpaired) electrons. The van der Waals surface area contributed by atoms with Crippen molar-refractivity contribution in [3.05, 3.63) is 29.3 Å². The van der Waals surface area contributed by atoms with E-state index < -0.39 is 0 Å². The number of phenolic OH excluding ortho intramolecular Hbond substituents is 1. The number of hydrogen-bond donors (Lipinski definition) is 2. The topological polar surface area (TPSA) is 37.3 Å². The van der Waals surface area contributed by atoms with E-state index in [4.69, 9.17) is 0 Å². The number of hydrogen-bond acceptors (Lipinski definition) is 2. The average Bonchev–Trinajstić information content (AvgIpc) is 2.36. The van der Waals surface area contributed by atoms with Crippen LogP contribution in [0.3, 0.4) is 0 Å². The maximum atomic E-state index is 11.2. The van der Waals surface area contributed by atoms with Gasteiger partial charge in [-0.25, -0.2) is 0 Å². The van der Waals surface area contributed by atoms with Crippen LogP contribution in [0.1, 0.15) is 55.5 Å². The molecule has 0 aliphatic heterocycles. The largest absolute Gasteiger partial charge is 0.507 e. The van der Waals surface area contributed by atoms with Crippen LogP contribution in [0.15, 0.2) is 18.2 Å². The lowest BCUT2D eigenvalue weighted by Crippen LogP contribution is -2.05. The minimum absolute atomic E-state index is 0.104. The van der Waals surface area contributed by atoms with Gasteiger partial charge in [0.1, 0.15) is 5.75 Å². The van der Waals surface area contributed by atoms with Crippen molar-refractivity contribution in [1.29, 1.82) is 0 Å². The summed E-state index contributed by atoms with van der Waals surface area (Å²) in [7, 11) is 0. The van der Waals surface area contributed by atoms with Crippen LogP contribution in [0.25, 0.3) is 0 Å². The van der Waals surface area contributed by atoms with E-state index in [0.29, 0.717) is 11.5 Å². The van der Waals surface area contributed by atoms with E-state index in [0.717, 1.165) is 18.4 Å². The van der Waals surface area contributed by atoms with Crippen molar-refractivity contribution in [2.24, 2.45) is 5.92 Å². The Morgan fingerprint density at radius 3 is 2.67 bits per heavy atom. The summed E-state index contributed by atoms with van der Waals surface area (Å²) in [5, 5.41) is 9.68. The van der Waals surface area contributed by atoms with Crippen molar-refractivity contribution in [3.63, 3.8) is 0 Å². The second kappa shape index (κ2) is 7.47. The summed E-state index contributed by atoms with van der Waals surface area (Å²) in [6, 6.07) is 5.32. The molecular formula is C15H22O2S. The molecule has 0 aliphatic carbocycles. The predicted molar refractivity (Wildman–Crippen MR) is 78.4 cm³/mol. The zero-order valence-corrected chi connectivity index (χ0v) is 12.0. The Morgan fingerprint density at radius 1 is 1.39 bits per heavy atom. The molecule has 18 heavy (non-hydrogen) atoms. The van der Waals surface area contributed by atoms with Gasteiger partial charge in [-0.15, -0.1) is 12.6 Å². The standard InChI is InChI=1S/C15H22O2S/c1-3-5-7-11(4-2)10-12-8-6-9-13(14(12)16)15(17)18/h6,8-9,11,16H,3-5,7,10H2,1-2H3,(H,17,18). The molecule has 0 heterocycles. The molecule has 100 valence electrons. The summed E-state index contributed by atoms with van der Waals surface area (Å²) in [4.78, 5) is 11.2. The van der Waals surface area contributed by atoms with Crippen LogP contribution >= 0.6 is 12.6 Å². The lowest BCUT2D eigenvalue weighted by Gasteiger charge is -2.16. The van der Waals surface area contributed by atoms with Gasteiger partial charge in [0.05, 0.1) is 5.56 Å². The van der Waals surface area contributed by atoms with Gasteiger partial charge in [-0.3, -0.25) is 4.79 Å². The Balaban J connectivity index is 2.83. The number of thiol groups is 1. The molecule has 1 N–H and O–H groups in total. The fourth-order valence-electron chi connectivity index (χ4n) is 2.18. The smallest absolute Gasteiger partial charge is 0.220 e. The van der Waals surface area contributed by atoms with Crippen molar-refractivity contribution in [1.82, 2.24) is 0 Å². The van der Waals surface area contributed by atoms with E-state index >= 15 is 0 Å². The molecule has 1 atom stereocenters. The van der Waals surface area contributed by atoms with Crippen molar-refractivity contribution in [3.8, 4) is 5.75 Å². The first-order valence-electron chi connectivity index (χ1n) is 6.64. The molecule has 1 rings (SSSR count). The maximum absolute atomic E-state index is 11.2. The van der Waals surface area contributed by atoms with E-state index in [2.05, 4.69) is 26.5 Å². The lowest BCUT2D eigenvalue weighted by molar-refractivity contribution is 0.108.